The Kier molecular flexibility index (Phi) is 6.68. The van der Waals surface area contributed by atoms with Crippen molar-refractivity contribution in [2.24, 2.45) is 5.41 Å². The zero-order valence-corrected chi connectivity index (χ0v) is 13.9. The van der Waals surface area contributed by atoms with Crippen LogP contribution in [-0.2, 0) is 6.54 Å². The minimum absolute atomic E-state index is 0.371. The molecule has 1 aromatic rings. The van der Waals surface area contributed by atoms with Crippen molar-refractivity contribution in [2.45, 2.75) is 33.2 Å². The highest BCUT2D eigenvalue weighted by Gasteiger charge is 2.26. The Balaban J connectivity index is 2.66. The standard InChI is InChI=1S/C15H23BrClN/c1-4-15(5-2,11-16)12-18(3)10-13-8-6-7-9-14(13)17/h6-9H,4-5,10-12H2,1-3H3. The summed E-state index contributed by atoms with van der Waals surface area (Å²) < 4.78 is 0. The molecular formula is C15H23BrClN. The first-order chi connectivity index (χ1) is 8.56. The summed E-state index contributed by atoms with van der Waals surface area (Å²) in [6.45, 7) is 6.55. The summed E-state index contributed by atoms with van der Waals surface area (Å²) in [6.07, 6.45) is 2.39. The van der Waals surface area contributed by atoms with Crippen LogP contribution >= 0.6 is 27.5 Å². The van der Waals surface area contributed by atoms with Crippen molar-refractivity contribution in [1.82, 2.24) is 4.90 Å². The van der Waals surface area contributed by atoms with E-state index in [1.807, 2.05) is 18.2 Å². The normalized spacial score (nSPS) is 12.1. The maximum absolute atomic E-state index is 6.21. The average molecular weight is 333 g/mol. The Hall–Kier alpha value is -0.0500. The van der Waals surface area contributed by atoms with Crippen LogP contribution in [-0.4, -0.2) is 23.8 Å². The molecule has 0 atom stereocenters. The van der Waals surface area contributed by atoms with E-state index in [1.54, 1.807) is 0 Å². The maximum Gasteiger partial charge on any atom is 0.0451 e. The van der Waals surface area contributed by atoms with Gasteiger partial charge in [-0.1, -0.05) is 59.6 Å². The molecule has 1 nitrogen and oxygen atoms in total. The molecule has 0 aliphatic heterocycles. The van der Waals surface area contributed by atoms with Crippen LogP contribution < -0.4 is 0 Å². The van der Waals surface area contributed by atoms with Crippen molar-refractivity contribution in [1.29, 1.82) is 0 Å². The minimum atomic E-state index is 0.371. The van der Waals surface area contributed by atoms with E-state index in [0.717, 1.165) is 23.4 Å². The average Bonchev–Trinajstić information content (AvgIpc) is 2.39. The smallest absolute Gasteiger partial charge is 0.0451 e. The Bertz CT molecular complexity index is 355. The lowest BCUT2D eigenvalue weighted by Gasteiger charge is -2.34. The van der Waals surface area contributed by atoms with Gasteiger partial charge in [0.15, 0.2) is 0 Å². The van der Waals surface area contributed by atoms with E-state index >= 15 is 0 Å². The number of hydrogen-bond acceptors (Lipinski definition) is 1. The van der Waals surface area contributed by atoms with Gasteiger partial charge in [0.05, 0.1) is 0 Å². The second-order valence-electron chi connectivity index (χ2n) is 5.10. The van der Waals surface area contributed by atoms with Crippen LogP contribution in [0.1, 0.15) is 32.3 Å². The van der Waals surface area contributed by atoms with Gasteiger partial charge in [-0.15, -0.1) is 0 Å². The first-order valence-electron chi connectivity index (χ1n) is 6.55. The van der Waals surface area contributed by atoms with Gasteiger partial charge in [0, 0.05) is 23.4 Å². The zero-order valence-electron chi connectivity index (χ0n) is 11.5. The van der Waals surface area contributed by atoms with Gasteiger partial charge in [-0.25, -0.2) is 0 Å². The third-order valence-electron chi connectivity index (χ3n) is 3.79. The van der Waals surface area contributed by atoms with Crippen LogP contribution in [0.25, 0.3) is 0 Å². The molecule has 0 unspecified atom stereocenters. The van der Waals surface area contributed by atoms with Crippen LogP contribution in [0.15, 0.2) is 24.3 Å². The Labute approximate surface area is 125 Å². The van der Waals surface area contributed by atoms with Crippen LogP contribution in [0.3, 0.4) is 0 Å². The molecule has 1 aromatic carbocycles. The third kappa shape index (κ3) is 4.25. The molecule has 0 bridgehead atoms. The second kappa shape index (κ2) is 7.52. The van der Waals surface area contributed by atoms with Crippen molar-refractivity contribution in [3.8, 4) is 0 Å². The Morgan fingerprint density at radius 3 is 2.33 bits per heavy atom. The van der Waals surface area contributed by atoms with Gasteiger partial charge >= 0.3 is 0 Å². The van der Waals surface area contributed by atoms with E-state index in [2.05, 4.69) is 47.8 Å². The van der Waals surface area contributed by atoms with Gasteiger partial charge < -0.3 is 4.90 Å². The summed E-state index contributed by atoms with van der Waals surface area (Å²) in [5.74, 6) is 0. The zero-order chi connectivity index (χ0) is 13.6. The molecule has 0 spiro atoms. The molecule has 102 valence electrons. The highest BCUT2D eigenvalue weighted by molar-refractivity contribution is 9.09. The predicted octanol–water partition coefficient (Wildman–Crippen LogP) is 4.97. The van der Waals surface area contributed by atoms with E-state index in [-0.39, 0.29) is 0 Å². The van der Waals surface area contributed by atoms with Gasteiger partial charge in [-0.3, -0.25) is 0 Å². The number of benzene rings is 1. The molecule has 0 amide bonds. The van der Waals surface area contributed by atoms with E-state index in [4.69, 9.17) is 11.6 Å². The van der Waals surface area contributed by atoms with Crippen molar-refractivity contribution < 1.29 is 0 Å². The molecule has 1 rings (SSSR count). The predicted molar refractivity (Wildman–Crippen MR) is 84.6 cm³/mol. The molecule has 0 aliphatic rings. The molecule has 0 N–H and O–H groups in total. The molecule has 18 heavy (non-hydrogen) atoms. The fourth-order valence-corrected chi connectivity index (χ4v) is 3.42. The second-order valence-corrected chi connectivity index (χ2v) is 6.07. The van der Waals surface area contributed by atoms with Crippen LogP contribution in [0.4, 0.5) is 0 Å². The summed E-state index contributed by atoms with van der Waals surface area (Å²) in [5, 5.41) is 1.92. The van der Waals surface area contributed by atoms with Crippen LogP contribution in [0.5, 0.6) is 0 Å². The number of alkyl halides is 1. The lowest BCUT2D eigenvalue weighted by atomic mass is 9.84. The first kappa shape index (κ1) is 16.0. The minimum Gasteiger partial charge on any atom is -0.301 e. The third-order valence-corrected chi connectivity index (χ3v) is 5.35. The Morgan fingerprint density at radius 1 is 1.22 bits per heavy atom. The Morgan fingerprint density at radius 2 is 1.83 bits per heavy atom. The lowest BCUT2D eigenvalue weighted by molar-refractivity contribution is 0.180. The van der Waals surface area contributed by atoms with Crippen molar-refractivity contribution in [2.75, 3.05) is 18.9 Å². The molecule has 0 radical (unpaired) electrons. The molecule has 3 heteroatoms. The highest BCUT2D eigenvalue weighted by Crippen LogP contribution is 2.30. The fraction of sp³-hybridized carbons (Fsp3) is 0.600. The molecule has 0 saturated carbocycles. The van der Waals surface area contributed by atoms with Gasteiger partial charge in [-0.2, -0.15) is 0 Å². The first-order valence-corrected chi connectivity index (χ1v) is 8.04. The van der Waals surface area contributed by atoms with E-state index < -0.39 is 0 Å². The number of halogens is 2. The number of nitrogens with zero attached hydrogens (tertiary/aromatic N) is 1. The number of rotatable bonds is 7. The maximum atomic E-state index is 6.21. The van der Waals surface area contributed by atoms with Crippen LogP contribution in [0.2, 0.25) is 5.02 Å². The van der Waals surface area contributed by atoms with E-state index in [1.165, 1.54) is 18.4 Å². The molecule has 0 aliphatic carbocycles. The van der Waals surface area contributed by atoms with Gasteiger partial charge in [0.2, 0.25) is 0 Å². The van der Waals surface area contributed by atoms with Crippen molar-refractivity contribution in [3.63, 3.8) is 0 Å². The molecular weight excluding hydrogens is 310 g/mol. The quantitative estimate of drug-likeness (QED) is 0.637. The summed E-state index contributed by atoms with van der Waals surface area (Å²) in [5.41, 5.74) is 1.58. The van der Waals surface area contributed by atoms with Gasteiger partial charge in [-0.05, 0) is 36.9 Å². The topological polar surface area (TPSA) is 3.24 Å². The summed E-state index contributed by atoms with van der Waals surface area (Å²) >= 11 is 9.87. The van der Waals surface area contributed by atoms with Gasteiger partial charge in [0.25, 0.3) is 0 Å². The molecule has 0 aromatic heterocycles. The van der Waals surface area contributed by atoms with E-state index in [0.29, 0.717) is 5.41 Å². The van der Waals surface area contributed by atoms with Gasteiger partial charge in [0.1, 0.15) is 0 Å². The van der Waals surface area contributed by atoms with E-state index in [9.17, 15) is 0 Å². The molecule has 0 fully saturated rings. The lowest BCUT2D eigenvalue weighted by Crippen LogP contribution is -2.36. The van der Waals surface area contributed by atoms with Crippen molar-refractivity contribution >= 4 is 27.5 Å². The number of hydrogen-bond donors (Lipinski definition) is 0. The summed E-state index contributed by atoms with van der Waals surface area (Å²) in [7, 11) is 2.17. The fourth-order valence-electron chi connectivity index (χ4n) is 2.25. The highest BCUT2D eigenvalue weighted by atomic mass is 79.9. The monoisotopic (exact) mass is 331 g/mol. The molecule has 0 saturated heterocycles. The SMILES string of the molecule is CCC(CC)(CBr)CN(C)Cc1ccccc1Cl. The largest absolute Gasteiger partial charge is 0.301 e. The summed E-state index contributed by atoms with van der Waals surface area (Å²) in [4.78, 5) is 2.37. The van der Waals surface area contributed by atoms with Crippen LogP contribution in [0, 0.1) is 5.41 Å². The van der Waals surface area contributed by atoms with Crippen molar-refractivity contribution in [3.05, 3.63) is 34.9 Å². The summed E-state index contributed by atoms with van der Waals surface area (Å²) in [6, 6.07) is 8.09. The molecule has 0 heterocycles.